The van der Waals surface area contributed by atoms with Crippen LogP contribution in [-0.4, -0.2) is 25.3 Å². The summed E-state index contributed by atoms with van der Waals surface area (Å²) in [5.74, 6) is -0.883. The molecule has 7 nitrogen and oxygen atoms in total. The monoisotopic (exact) mass is 401 g/mol. The molecule has 0 saturated carbocycles. The van der Waals surface area contributed by atoms with Crippen LogP contribution in [0.1, 0.15) is 37.8 Å². The molecule has 4 rings (SSSR count). The lowest BCUT2D eigenvalue weighted by Crippen LogP contribution is -2.36. The highest BCUT2D eigenvalue weighted by Crippen LogP contribution is 2.25. The lowest BCUT2D eigenvalue weighted by Gasteiger charge is -2.20. The zero-order chi connectivity index (χ0) is 21.3. The van der Waals surface area contributed by atoms with Crippen molar-refractivity contribution in [2.45, 2.75) is 32.2 Å². The summed E-state index contributed by atoms with van der Waals surface area (Å²) in [5.41, 5.74) is 4.18. The Balaban J connectivity index is 1.72. The first-order valence-electron chi connectivity index (χ1n) is 9.73. The minimum atomic E-state index is -0.563. The topological polar surface area (TPSA) is 81.8 Å². The van der Waals surface area contributed by atoms with Gasteiger partial charge >= 0.3 is 0 Å². The second-order valence-corrected chi connectivity index (χ2v) is 8.11. The fourth-order valence-corrected chi connectivity index (χ4v) is 3.45. The molecule has 152 valence electrons. The molecule has 4 aromatic rings. The van der Waals surface area contributed by atoms with Crippen LogP contribution in [0.25, 0.3) is 11.0 Å². The molecule has 0 spiro atoms. The van der Waals surface area contributed by atoms with E-state index in [0.717, 1.165) is 15.8 Å². The highest BCUT2D eigenvalue weighted by atomic mass is 16.2. The van der Waals surface area contributed by atoms with Crippen molar-refractivity contribution in [2.24, 2.45) is 0 Å². The zero-order valence-corrected chi connectivity index (χ0v) is 17.1. The Morgan fingerprint density at radius 2 is 1.53 bits per heavy atom. The molecular weight excluding hydrogens is 378 g/mol. The third-order valence-corrected chi connectivity index (χ3v) is 4.88. The van der Waals surface area contributed by atoms with Crippen LogP contribution in [0, 0.1) is 0 Å². The highest BCUT2D eigenvalue weighted by Gasteiger charge is 2.24. The Labute approximate surface area is 174 Å². The molecule has 0 aliphatic heterocycles. The Morgan fingerprint density at radius 1 is 0.967 bits per heavy atom. The van der Waals surface area contributed by atoms with Crippen LogP contribution in [-0.2, 0) is 10.3 Å². The van der Waals surface area contributed by atoms with E-state index in [0.29, 0.717) is 11.0 Å². The lowest BCUT2D eigenvalue weighted by atomic mass is 9.91. The summed E-state index contributed by atoms with van der Waals surface area (Å²) >= 11 is 0. The molecule has 0 unspecified atom stereocenters. The summed E-state index contributed by atoms with van der Waals surface area (Å²) < 4.78 is 2.82. The lowest BCUT2D eigenvalue weighted by molar-refractivity contribution is -0.117. The molecule has 0 fully saturated rings. The molecular formula is C23H23N5O2. The SMILES string of the molecule is CC(C)(C)n1ncc2c(=O)n(NC(=O)C(c3ccccc3)c3ccccc3)cnc21. The van der Waals surface area contributed by atoms with Gasteiger partial charge in [0.2, 0.25) is 0 Å². The number of amides is 1. The number of nitrogens with zero attached hydrogens (tertiary/aromatic N) is 4. The number of hydrogen-bond donors (Lipinski definition) is 1. The third kappa shape index (κ3) is 3.61. The average Bonchev–Trinajstić information content (AvgIpc) is 3.17. The predicted molar refractivity (Wildman–Crippen MR) is 116 cm³/mol. The summed E-state index contributed by atoms with van der Waals surface area (Å²) in [6.07, 6.45) is 2.82. The zero-order valence-electron chi connectivity index (χ0n) is 17.1. The molecule has 0 aliphatic carbocycles. The smallest absolute Gasteiger partial charge is 0.272 e. The van der Waals surface area contributed by atoms with E-state index in [-0.39, 0.29) is 17.0 Å². The highest BCUT2D eigenvalue weighted by molar-refractivity contribution is 5.93. The molecule has 2 aromatic heterocycles. The maximum absolute atomic E-state index is 13.2. The van der Waals surface area contributed by atoms with Crippen molar-refractivity contribution < 1.29 is 4.79 Å². The van der Waals surface area contributed by atoms with Gasteiger partial charge in [-0.05, 0) is 31.9 Å². The van der Waals surface area contributed by atoms with Gasteiger partial charge in [0.15, 0.2) is 5.65 Å². The molecule has 2 heterocycles. The normalized spacial score (nSPS) is 11.7. The van der Waals surface area contributed by atoms with E-state index in [9.17, 15) is 9.59 Å². The van der Waals surface area contributed by atoms with E-state index in [1.807, 2.05) is 81.4 Å². The maximum Gasteiger partial charge on any atom is 0.283 e. The first kappa shape index (κ1) is 19.6. The van der Waals surface area contributed by atoms with Gasteiger partial charge in [-0.1, -0.05) is 60.7 Å². The third-order valence-electron chi connectivity index (χ3n) is 4.88. The van der Waals surface area contributed by atoms with Crippen LogP contribution in [0.15, 0.2) is 78.0 Å². The number of rotatable bonds is 4. The van der Waals surface area contributed by atoms with Crippen LogP contribution in [0.5, 0.6) is 0 Å². The predicted octanol–water partition coefficient (Wildman–Crippen LogP) is 3.25. The molecule has 0 aliphatic rings. The number of hydrogen-bond acceptors (Lipinski definition) is 4. The Morgan fingerprint density at radius 3 is 2.07 bits per heavy atom. The minimum absolute atomic E-state index is 0.317. The van der Waals surface area contributed by atoms with Gasteiger partial charge in [-0.2, -0.15) is 5.10 Å². The van der Waals surface area contributed by atoms with Gasteiger partial charge in [0, 0.05) is 0 Å². The standard InChI is InChI=1S/C23H23N5O2/c1-23(2,3)28-20-18(14-25-28)22(30)27(15-24-20)26-21(29)19(16-10-6-4-7-11-16)17-12-8-5-9-13-17/h4-15,19H,1-3H3,(H,26,29). The van der Waals surface area contributed by atoms with Gasteiger partial charge in [0.25, 0.3) is 11.5 Å². The molecule has 0 radical (unpaired) electrons. The first-order chi connectivity index (χ1) is 14.4. The van der Waals surface area contributed by atoms with Crippen LogP contribution in [0.4, 0.5) is 0 Å². The second kappa shape index (κ2) is 7.59. The number of benzene rings is 2. The van der Waals surface area contributed by atoms with E-state index in [4.69, 9.17) is 0 Å². The summed E-state index contributed by atoms with van der Waals surface area (Å²) in [4.78, 5) is 30.6. The molecule has 1 amide bonds. The van der Waals surface area contributed by atoms with Crippen molar-refractivity contribution in [3.05, 3.63) is 94.7 Å². The van der Waals surface area contributed by atoms with Crippen LogP contribution < -0.4 is 11.0 Å². The van der Waals surface area contributed by atoms with Crippen molar-refractivity contribution in [3.8, 4) is 0 Å². The van der Waals surface area contributed by atoms with Crippen molar-refractivity contribution in [1.82, 2.24) is 19.4 Å². The van der Waals surface area contributed by atoms with E-state index in [1.165, 1.54) is 12.5 Å². The quantitative estimate of drug-likeness (QED) is 0.569. The minimum Gasteiger partial charge on any atom is -0.272 e. The van der Waals surface area contributed by atoms with Crippen molar-refractivity contribution in [1.29, 1.82) is 0 Å². The molecule has 30 heavy (non-hydrogen) atoms. The number of fused-ring (bicyclic) bond motifs is 1. The fraction of sp³-hybridized carbons (Fsp3) is 0.217. The average molecular weight is 401 g/mol. The van der Waals surface area contributed by atoms with Gasteiger partial charge in [0.05, 0.1) is 17.7 Å². The van der Waals surface area contributed by atoms with E-state index < -0.39 is 5.92 Å². The van der Waals surface area contributed by atoms with Crippen molar-refractivity contribution >= 4 is 16.9 Å². The fourth-order valence-electron chi connectivity index (χ4n) is 3.45. The van der Waals surface area contributed by atoms with Crippen molar-refractivity contribution in [2.75, 3.05) is 5.43 Å². The van der Waals surface area contributed by atoms with Crippen molar-refractivity contribution in [3.63, 3.8) is 0 Å². The molecule has 0 bridgehead atoms. The van der Waals surface area contributed by atoms with E-state index in [2.05, 4.69) is 15.5 Å². The number of aromatic nitrogens is 4. The molecule has 1 N–H and O–H groups in total. The van der Waals surface area contributed by atoms with E-state index in [1.54, 1.807) is 4.68 Å². The number of carbonyl (C=O) groups is 1. The maximum atomic E-state index is 13.2. The largest absolute Gasteiger partial charge is 0.283 e. The Kier molecular flexibility index (Phi) is 4.95. The van der Waals surface area contributed by atoms with Crippen LogP contribution >= 0.6 is 0 Å². The Bertz CT molecular complexity index is 1200. The van der Waals surface area contributed by atoms with Crippen LogP contribution in [0.2, 0.25) is 0 Å². The Hall–Kier alpha value is -3.74. The van der Waals surface area contributed by atoms with Crippen LogP contribution in [0.3, 0.4) is 0 Å². The molecule has 2 aromatic carbocycles. The summed E-state index contributed by atoms with van der Waals surface area (Å²) in [6, 6.07) is 18.9. The van der Waals surface area contributed by atoms with Gasteiger partial charge in [-0.25, -0.2) is 14.3 Å². The molecule has 0 saturated heterocycles. The van der Waals surface area contributed by atoms with Gasteiger partial charge in [-0.3, -0.25) is 15.0 Å². The summed E-state index contributed by atoms with van der Waals surface area (Å²) in [5, 5.41) is 4.66. The number of carbonyl (C=O) groups excluding carboxylic acids is 1. The molecule has 0 atom stereocenters. The van der Waals surface area contributed by atoms with Gasteiger partial charge in [0.1, 0.15) is 11.7 Å². The first-order valence-corrected chi connectivity index (χ1v) is 9.73. The summed E-state index contributed by atoms with van der Waals surface area (Å²) in [6.45, 7) is 5.95. The summed E-state index contributed by atoms with van der Waals surface area (Å²) in [7, 11) is 0. The van der Waals surface area contributed by atoms with Gasteiger partial charge in [-0.15, -0.1) is 0 Å². The molecule has 7 heteroatoms. The van der Waals surface area contributed by atoms with Gasteiger partial charge < -0.3 is 0 Å². The number of nitrogens with one attached hydrogen (secondary N) is 1. The van der Waals surface area contributed by atoms with E-state index >= 15 is 0 Å². The second-order valence-electron chi connectivity index (χ2n) is 8.11.